The van der Waals surface area contributed by atoms with Gasteiger partial charge in [0.2, 0.25) is 0 Å². The van der Waals surface area contributed by atoms with Gasteiger partial charge in [0.15, 0.2) is 0 Å². The summed E-state index contributed by atoms with van der Waals surface area (Å²) in [4.78, 5) is 11.4. The maximum absolute atomic E-state index is 13.3. The molecule has 0 spiro atoms. The van der Waals surface area contributed by atoms with Crippen LogP contribution in [0.4, 0.5) is 13.2 Å². The highest BCUT2D eigenvalue weighted by Gasteiger charge is 2.35. The largest absolute Gasteiger partial charge is 0.433 e. The summed E-state index contributed by atoms with van der Waals surface area (Å²) in [6.07, 6.45) is -2.44. The van der Waals surface area contributed by atoms with Crippen LogP contribution in [0.2, 0.25) is 0 Å². The Morgan fingerprint density at radius 1 is 1.03 bits per heavy atom. The zero-order chi connectivity index (χ0) is 22.2. The molecule has 0 fully saturated rings. The summed E-state index contributed by atoms with van der Waals surface area (Å²) in [6.45, 7) is 3.05. The van der Waals surface area contributed by atoms with Crippen molar-refractivity contribution < 1.29 is 18.0 Å². The molecule has 9 heteroatoms. The molecule has 0 aliphatic heterocycles. The van der Waals surface area contributed by atoms with E-state index in [1.807, 2.05) is 24.3 Å². The van der Waals surface area contributed by atoms with E-state index in [0.29, 0.717) is 23.4 Å². The van der Waals surface area contributed by atoms with Gasteiger partial charge in [0.05, 0.1) is 23.3 Å². The first kappa shape index (κ1) is 20.5. The second-order valence-corrected chi connectivity index (χ2v) is 7.22. The number of aryl methyl sites for hydroxylation is 1. The van der Waals surface area contributed by atoms with Gasteiger partial charge in [0.25, 0.3) is 0 Å². The molecule has 0 bridgehead atoms. The number of hydrogen-bond donors (Lipinski definition) is 0. The molecule has 0 amide bonds. The van der Waals surface area contributed by atoms with Gasteiger partial charge < -0.3 is 0 Å². The van der Waals surface area contributed by atoms with Crippen LogP contribution in [0.5, 0.6) is 0 Å². The molecule has 0 unspecified atom stereocenters. The van der Waals surface area contributed by atoms with Crippen LogP contribution in [-0.2, 0) is 17.4 Å². The molecular formula is C22H18F3N5O. The van der Waals surface area contributed by atoms with Gasteiger partial charge in [-0.1, -0.05) is 29.5 Å². The Labute approximate surface area is 175 Å². The van der Waals surface area contributed by atoms with E-state index >= 15 is 0 Å². The normalized spacial score (nSPS) is 11.6. The average molecular weight is 425 g/mol. The first-order valence-corrected chi connectivity index (χ1v) is 9.46. The van der Waals surface area contributed by atoms with Crippen molar-refractivity contribution in [1.82, 2.24) is 24.8 Å². The molecule has 4 rings (SSSR count). The number of Topliss-reactive ketones (excluding diaryl/α,β-unsaturated/α-hetero) is 1. The summed E-state index contributed by atoms with van der Waals surface area (Å²) in [6, 6.07) is 14.9. The number of hydrogen-bond acceptors (Lipinski definition) is 4. The van der Waals surface area contributed by atoms with Crippen molar-refractivity contribution in [1.29, 1.82) is 0 Å². The zero-order valence-electron chi connectivity index (χ0n) is 16.8. The second-order valence-electron chi connectivity index (χ2n) is 7.22. The number of halogens is 3. The van der Waals surface area contributed by atoms with Crippen LogP contribution in [0.3, 0.4) is 0 Å². The molecule has 4 aromatic rings. The van der Waals surface area contributed by atoms with Gasteiger partial charge in [-0.3, -0.25) is 4.79 Å². The SMILES string of the molecule is CC(=O)Cc1cccc(-n2cc(-c3ccc(-n4nc(C)cc4C(F)(F)F)cc3)nn2)c1. The molecule has 2 aromatic carbocycles. The van der Waals surface area contributed by atoms with Crippen molar-refractivity contribution in [3.8, 4) is 22.6 Å². The maximum atomic E-state index is 13.3. The second kappa shape index (κ2) is 7.82. The summed E-state index contributed by atoms with van der Waals surface area (Å²) >= 11 is 0. The minimum Gasteiger partial charge on any atom is -0.300 e. The highest BCUT2D eigenvalue weighted by molar-refractivity contribution is 5.78. The van der Waals surface area contributed by atoms with Gasteiger partial charge in [-0.15, -0.1) is 5.10 Å². The predicted molar refractivity (Wildman–Crippen MR) is 108 cm³/mol. The van der Waals surface area contributed by atoms with Crippen molar-refractivity contribution >= 4 is 5.78 Å². The Morgan fingerprint density at radius 3 is 2.45 bits per heavy atom. The number of carbonyl (C=O) groups is 1. The Balaban J connectivity index is 1.61. The summed E-state index contributed by atoms with van der Waals surface area (Å²) < 4.78 is 42.2. The van der Waals surface area contributed by atoms with Crippen LogP contribution in [0.25, 0.3) is 22.6 Å². The van der Waals surface area contributed by atoms with Gasteiger partial charge >= 0.3 is 6.18 Å². The van der Waals surface area contributed by atoms with Gasteiger partial charge in [-0.25, -0.2) is 9.36 Å². The van der Waals surface area contributed by atoms with Crippen molar-refractivity contribution in [2.75, 3.05) is 0 Å². The van der Waals surface area contributed by atoms with E-state index in [4.69, 9.17) is 0 Å². The fourth-order valence-corrected chi connectivity index (χ4v) is 3.29. The third kappa shape index (κ3) is 4.40. The highest BCUT2D eigenvalue weighted by Crippen LogP contribution is 2.32. The Morgan fingerprint density at radius 2 is 1.77 bits per heavy atom. The van der Waals surface area contributed by atoms with Crippen molar-refractivity contribution in [2.45, 2.75) is 26.4 Å². The monoisotopic (exact) mass is 425 g/mol. The van der Waals surface area contributed by atoms with Crippen molar-refractivity contribution in [2.24, 2.45) is 0 Å². The third-order valence-electron chi connectivity index (χ3n) is 4.65. The molecule has 6 nitrogen and oxygen atoms in total. The van der Waals surface area contributed by atoms with E-state index in [1.54, 1.807) is 35.1 Å². The molecule has 0 aliphatic rings. The minimum absolute atomic E-state index is 0.0672. The van der Waals surface area contributed by atoms with E-state index < -0.39 is 11.9 Å². The first-order chi connectivity index (χ1) is 14.7. The molecule has 0 atom stereocenters. The number of ketones is 1. The van der Waals surface area contributed by atoms with Gasteiger partial charge in [0, 0.05) is 12.0 Å². The molecule has 0 aliphatic carbocycles. The van der Waals surface area contributed by atoms with E-state index in [2.05, 4.69) is 15.4 Å². The van der Waals surface area contributed by atoms with Crippen LogP contribution < -0.4 is 0 Å². The summed E-state index contributed by atoms with van der Waals surface area (Å²) in [7, 11) is 0. The fourth-order valence-electron chi connectivity index (χ4n) is 3.29. The number of benzene rings is 2. The number of alkyl halides is 3. The van der Waals surface area contributed by atoms with Gasteiger partial charge in [-0.2, -0.15) is 18.3 Å². The Kier molecular flexibility index (Phi) is 5.18. The van der Waals surface area contributed by atoms with Crippen LogP contribution in [0, 0.1) is 6.92 Å². The lowest BCUT2D eigenvalue weighted by molar-refractivity contribution is -0.142. The molecule has 2 heterocycles. The number of rotatable bonds is 5. The Bertz CT molecular complexity index is 1240. The maximum Gasteiger partial charge on any atom is 0.433 e. The van der Waals surface area contributed by atoms with Crippen LogP contribution >= 0.6 is 0 Å². The van der Waals surface area contributed by atoms with E-state index in [9.17, 15) is 18.0 Å². The first-order valence-electron chi connectivity index (χ1n) is 9.46. The van der Waals surface area contributed by atoms with Crippen LogP contribution in [0.1, 0.15) is 23.9 Å². The molecule has 0 saturated heterocycles. The van der Waals surface area contributed by atoms with E-state index in [-0.39, 0.29) is 11.5 Å². The third-order valence-corrected chi connectivity index (χ3v) is 4.65. The molecule has 31 heavy (non-hydrogen) atoms. The molecule has 158 valence electrons. The van der Waals surface area contributed by atoms with Crippen molar-refractivity contribution in [3.05, 3.63) is 77.7 Å². The topological polar surface area (TPSA) is 65.6 Å². The molecular weight excluding hydrogens is 407 g/mol. The lowest BCUT2D eigenvalue weighted by atomic mass is 10.1. The number of carbonyl (C=O) groups excluding carboxylic acids is 1. The summed E-state index contributed by atoms with van der Waals surface area (Å²) in [5.74, 6) is 0.0672. The smallest absolute Gasteiger partial charge is 0.300 e. The molecule has 0 saturated carbocycles. The Hall–Kier alpha value is -3.75. The quantitative estimate of drug-likeness (QED) is 0.470. The van der Waals surface area contributed by atoms with Gasteiger partial charge in [-0.05, 0) is 49.7 Å². The van der Waals surface area contributed by atoms with Gasteiger partial charge in [0.1, 0.15) is 17.2 Å². The highest BCUT2D eigenvalue weighted by atomic mass is 19.4. The molecule has 0 N–H and O–H groups in total. The number of aromatic nitrogens is 5. The average Bonchev–Trinajstić information content (AvgIpc) is 3.35. The summed E-state index contributed by atoms with van der Waals surface area (Å²) in [5.41, 5.74) is 2.66. The fraction of sp³-hybridized carbons (Fsp3) is 0.182. The lowest BCUT2D eigenvalue weighted by Gasteiger charge is -2.10. The lowest BCUT2D eigenvalue weighted by Crippen LogP contribution is -2.13. The number of nitrogens with zero attached hydrogens (tertiary/aromatic N) is 5. The van der Waals surface area contributed by atoms with Crippen LogP contribution in [0.15, 0.2) is 60.8 Å². The van der Waals surface area contributed by atoms with E-state index in [1.165, 1.54) is 13.8 Å². The van der Waals surface area contributed by atoms with Crippen LogP contribution in [-0.4, -0.2) is 30.6 Å². The predicted octanol–water partition coefficient (Wildman–Crippen LogP) is 4.58. The summed E-state index contributed by atoms with van der Waals surface area (Å²) in [5, 5.41) is 12.3. The minimum atomic E-state index is -4.50. The molecule has 0 radical (unpaired) electrons. The zero-order valence-corrected chi connectivity index (χ0v) is 16.8. The van der Waals surface area contributed by atoms with E-state index in [0.717, 1.165) is 22.0 Å². The standard InChI is InChI=1S/C22H18F3N5O/c1-14-10-21(22(23,24)25)30(27-14)18-8-6-17(7-9-18)20-13-29(28-26-20)19-5-3-4-16(12-19)11-15(2)31/h3-10,12-13H,11H2,1-2H3. The van der Waals surface area contributed by atoms with Crippen molar-refractivity contribution in [3.63, 3.8) is 0 Å². The molecule has 2 aromatic heterocycles.